The average Bonchev–Trinajstić information content (AvgIpc) is 2.44. The van der Waals surface area contributed by atoms with Crippen molar-refractivity contribution >= 4 is 23.9 Å². The molecule has 0 heterocycles. The molecular formula is C14H15NO7. The van der Waals surface area contributed by atoms with E-state index in [1.54, 1.807) is 0 Å². The molecule has 0 saturated carbocycles. The molecule has 0 spiro atoms. The van der Waals surface area contributed by atoms with Gasteiger partial charge in [0.15, 0.2) is 11.5 Å². The van der Waals surface area contributed by atoms with E-state index in [1.807, 2.05) is 0 Å². The Morgan fingerprint density at radius 3 is 2.36 bits per heavy atom. The topological polar surface area (TPSA) is 144 Å². The van der Waals surface area contributed by atoms with Gasteiger partial charge in [0.05, 0.1) is 0 Å². The van der Waals surface area contributed by atoms with E-state index in [-0.39, 0.29) is 24.3 Å². The molecule has 0 aliphatic heterocycles. The fraction of sp³-hybridized carbons (Fsp3) is 0.214. The Balaban J connectivity index is 2.66. The van der Waals surface area contributed by atoms with E-state index in [9.17, 15) is 19.5 Å². The van der Waals surface area contributed by atoms with Gasteiger partial charge in [-0.25, -0.2) is 4.79 Å². The summed E-state index contributed by atoms with van der Waals surface area (Å²) in [6, 6.07) is 2.59. The van der Waals surface area contributed by atoms with Crippen LogP contribution in [0.2, 0.25) is 0 Å². The number of carbonyl (C=O) groups excluding carboxylic acids is 1. The molecule has 5 N–H and O–H groups in total. The zero-order valence-electron chi connectivity index (χ0n) is 11.4. The first kappa shape index (κ1) is 17.0. The van der Waals surface area contributed by atoms with Gasteiger partial charge < -0.3 is 25.7 Å². The summed E-state index contributed by atoms with van der Waals surface area (Å²) in [5.74, 6) is -3.86. The number of aliphatic carboxylic acids is 2. The largest absolute Gasteiger partial charge is 0.504 e. The van der Waals surface area contributed by atoms with Gasteiger partial charge in [-0.3, -0.25) is 9.59 Å². The van der Waals surface area contributed by atoms with Gasteiger partial charge in [0.1, 0.15) is 6.04 Å². The van der Waals surface area contributed by atoms with Crippen LogP contribution < -0.4 is 5.32 Å². The van der Waals surface area contributed by atoms with Crippen LogP contribution in [-0.2, 0) is 14.4 Å². The van der Waals surface area contributed by atoms with Crippen molar-refractivity contribution in [3.63, 3.8) is 0 Å². The maximum atomic E-state index is 11.6. The van der Waals surface area contributed by atoms with Gasteiger partial charge in [0.2, 0.25) is 5.91 Å². The summed E-state index contributed by atoms with van der Waals surface area (Å²) in [4.78, 5) is 32.9. The van der Waals surface area contributed by atoms with E-state index < -0.39 is 23.9 Å². The number of hydrogen-bond acceptors (Lipinski definition) is 5. The van der Waals surface area contributed by atoms with Crippen molar-refractivity contribution in [3.05, 3.63) is 29.8 Å². The van der Waals surface area contributed by atoms with Gasteiger partial charge in [-0.15, -0.1) is 0 Å². The van der Waals surface area contributed by atoms with Crippen LogP contribution in [0.5, 0.6) is 11.5 Å². The Morgan fingerprint density at radius 2 is 1.82 bits per heavy atom. The fourth-order valence-corrected chi connectivity index (χ4v) is 1.56. The summed E-state index contributed by atoms with van der Waals surface area (Å²) in [7, 11) is 0. The minimum Gasteiger partial charge on any atom is -0.504 e. The number of hydrogen-bond donors (Lipinski definition) is 5. The second-order valence-electron chi connectivity index (χ2n) is 4.41. The van der Waals surface area contributed by atoms with Crippen LogP contribution in [0.15, 0.2) is 24.3 Å². The molecule has 0 aromatic heterocycles. The highest BCUT2D eigenvalue weighted by atomic mass is 16.4. The standard InChI is InChI=1S/C14H15NO7/c16-10-4-1-8(7-11(10)17)2-5-12(18)15-9(14(21)22)3-6-13(19)20/h1-2,4-5,7,9,16-17H,3,6H2,(H,15,18)(H,19,20)(H,21,22)/b5-2+/t9-/m0/s1. The van der Waals surface area contributed by atoms with Gasteiger partial charge in [0, 0.05) is 12.5 Å². The number of phenols is 2. The van der Waals surface area contributed by atoms with Crippen LogP contribution in [0.1, 0.15) is 18.4 Å². The van der Waals surface area contributed by atoms with Crippen molar-refractivity contribution < 1.29 is 34.8 Å². The van der Waals surface area contributed by atoms with E-state index in [0.717, 1.165) is 6.08 Å². The molecular weight excluding hydrogens is 294 g/mol. The first-order chi connectivity index (χ1) is 10.3. The van der Waals surface area contributed by atoms with Gasteiger partial charge in [-0.2, -0.15) is 0 Å². The number of aromatic hydroxyl groups is 2. The molecule has 0 fully saturated rings. The maximum absolute atomic E-state index is 11.6. The highest BCUT2D eigenvalue weighted by Crippen LogP contribution is 2.25. The van der Waals surface area contributed by atoms with Crippen molar-refractivity contribution in [1.82, 2.24) is 5.32 Å². The fourth-order valence-electron chi connectivity index (χ4n) is 1.56. The number of benzene rings is 1. The lowest BCUT2D eigenvalue weighted by Crippen LogP contribution is -2.40. The minimum atomic E-state index is -1.33. The van der Waals surface area contributed by atoms with Crippen LogP contribution in [-0.4, -0.2) is 44.3 Å². The smallest absolute Gasteiger partial charge is 0.326 e. The molecule has 0 bridgehead atoms. The highest BCUT2D eigenvalue weighted by molar-refractivity contribution is 5.94. The maximum Gasteiger partial charge on any atom is 0.326 e. The third-order valence-corrected chi connectivity index (χ3v) is 2.69. The average molecular weight is 309 g/mol. The SMILES string of the molecule is O=C(O)CC[C@H](NC(=O)/C=C/c1ccc(O)c(O)c1)C(=O)O. The number of phenolic OH excluding ortho intramolecular Hbond substituents is 2. The summed E-state index contributed by atoms with van der Waals surface area (Å²) in [5, 5.41) is 38.0. The van der Waals surface area contributed by atoms with Crippen LogP contribution in [0.4, 0.5) is 0 Å². The van der Waals surface area contributed by atoms with Gasteiger partial charge in [0.25, 0.3) is 0 Å². The van der Waals surface area contributed by atoms with Crippen molar-refractivity contribution in [2.24, 2.45) is 0 Å². The first-order valence-corrected chi connectivity index (χ1v) is 6.24. The molecule has 1 aromatic carbocycles. The van der Waals surface area contributed by atoms with Crippen LogP contribution in [0.3, 0.4) is 0 Å². The van der Waals surface area contributed by atoms with Crippen molar-refractivity contribution in [2.45, 2.75) is 18.9 Å². The zero-order valence-corrected chi connectivity index (χ0v) is 11.4. The lowest BCUT2D eigenvalue weighted by atomic mass is 10.1. The Morgan fingerprint density at radius 1 is 1.14 bits per heavy atom. The summed E-state index contributed by atoms with van der Waals surface area (Å²) in [6.45, 7) is 0. The van der Waals surface area contributed by atoms with E-state index in [0.29, 0.717) is 5.56 Å². The molecule has 22 heavy (non-hydrogen) atoms. The Kier molecular flexibility index (Phi) is 5.94. The number of rotatable bonds is 7. The summed E-state index contributed by atoms with van der Waals surface area (Å²) in [5.41, 5.74) is 0.419. The van der Waals surface area contributed by atoms with Crippen LogP contribution in [0.25, 0.3) is 6.08 Å². The number of carbonyl (C=O) groups is 3. The molecule has 1 rings (SSSR count). The second-order valence-corrected chi connectivity index (χ2v) is 4.41. The van der Waals surface area contributed by atoms with E-state index in [1.165, 1.54) is 24.3 Å². The Bertz CT molecular complexity index is 609. The second kappa shape index (κ2) is 7.67. The lowest BCUT2D eigenvalue weighted by molar-refractivity contribution is -0.142. The molecule has 0 saturated heterocycles. The molecule has 8 nitrogen and oxygen atoms in total. The number of carboxylic acids is 2. The molecule has 1 aromatic rings. The molecule has 0 unspecified atom stereocenters. The summed E-state index contributed by atoms with van der Waals surface area (Å²) >= 11 is 0. The van der Waals surface area contributed by atoms with Crippen LogP contribution in [0, 0.1) is 0 Å². The van der Waals surface area contributed by atoms with Crippen molar-refractivity contribution in [2.75, 3.05) is 0 Å². The first-order valence-electron chi connectivity index (χ1n) is 6.24. The number of amides is 1. The monoisotopic (exact) mass is 309 g/mol. The summed E-state index contributed by atoms with van der Waals surface area (Å²) in [6.07, 6.45) is 1.74. The number of carboxylic acid groups (broad SMARTS) is 2. The van der Waals surface area contributed by atoms with E-state index >= 15 is 0 Å². The molecule has 118 valence electrons. The third-order valence-electron chi connectivity index (χ3n) is 2.69. The molecule has 0 aliphatic carbocycles. The highest BCUT2D eigenvalue weighted by Gasteiger charge is 2.19. The lowest BCUT2D eigenvalue weighted by Gasteiger charge is -2.11. The van der Waals surface area contributed by atoms with Gasteiger partial charge in [-0.1, -0.05) is 6.07 Å². The van der Waals surface area contributed by atoms with Crippen molar-refractivity contribution in [3.8, 4) is 11.5 Å². The predicted molar refractivity (Wildman–Crippen MR) is 75.2 cm³/mol. The minimum absolute atomic E-state index is 0.232. The predicted octanol–water partition coefficient (Wildman–Crippen LogP) is 0.545. The molecule has 0 radical (unpaired) electrons. The quantitative estimate of drug-likeness (QED) is 0.365. The van der Waals surface area contributed by atoms with E-state index in [2.05, 4.69) is 5.32 Å². The third kappa shape index (κ3) is 5.53. The molecule has 0 aliphatic rings. The molecule has 1 atom stereocenters. The molecule has 8 heteroatoms. The number of nitrogens with one attached hydrogen (secondary N) is 1. The zero-order chi connectivity index (χ0) is 16.7. The van der Waals surface area contributed by atoms with Crippen molar-refractivity contribution in [1.29, 1.82) is 0 Å². The van der Waals surface area contributed by atoms with Gasteiger partial charge >= 0.3 is 11.9 Å². The van der Waals surface area contributed by atoms with E-state index in [4.69, 9.17) is 15.3 Å². The summed E-state index contributed by atoms with van der Waals surface area (Å²) < 4.78 is 0. The van der Waals surface area contributed by atoms with Crippen LogP contribution >= 0.6 is 0 Å². The Hall–Kier alpha value is -3.03. The molecule has 1 amide bonds. The normalized spacial score (nSPS) is 12.0. The van der Waals surface area contributed by atoms with Gasteiger partial charge in [-0.05, 0) is 30.2 Å². The Labute approximate surface area is 125 Å².